The average Bonchev–Trinajstić information content (AvgIpc) is 3.15. The number of amides is 3. The predicted molar refractivity (Wildman–Crippen MR) is 114 cm³/mol. The first-order chi connectivity index (χ1) is 13.8. The zero-order chi connectivity index (χ0) is 21.1. The molecule has 2 aromatic heterocycles. The van der Waals surface area contributed by atoms with Gasteiger partial charge in [-0.25, -0.2) is 4.98 Å². The normalized spacial score (nSPS) is 15.3. The fourth-order valence-electron chi connectivity index (χ4n) is 3.11. The lowest BCUT2D eigenvalue weighted by molar-refractivity contribution is -0.138. The standard InChI is InChI=1S/C19H24N4O4S2/c1-10-11(2)29-19-16(10)18(27)21-13(22-19)9-28-12(3)17(26)20-7-4-8-23-14(24)5-6-15(23)25/h12H,4-9H2,1-3H3,(H,20,26)(H,21,22,27). The summed E-state index contributed by atoms with van der Waals surface area (Å²) in [4.78, 5) is 58.1. The van der Waals surface area contributed by atoms with Gasteiger partial charge in [-0.1, -0.05) is 0 Å². The number of hydrogen-bond acceptors (Lipinski definition) is 7. The lowest BCUT2D eigenvalue weighted by Gasteiger charge is -2.15. The van der Waals surface area contributed by atoms with Crippen LogP contribution in [0.1, 0.15) is 42.5 Å². The average molecular weight is 437 g/mol. The molecule has 0 aliphatic carbocycles. The molecule has 0 bridgehead atoms. The fraction of sp³-hybridized carbons (Fsp3) is 0.526. The van der Waals surface area contributed by atoms with Crippen LogP contribution in [0.3, 0.4) is 0 Å². The molecule has 1 aliphatic rings. The topological polar surface area (TPSA) is 112 Å². The Morgan fingerprint density at radius 3 is 2.66 bits per heavy atom. The largest absolute Gasteiger partial charge is 0.355 e. The lowest BCUT2D eigenvalue weighted by atomic mass is 10.2. The number of nitrogens with one attached hydrogen (secondary N) is 2. The van der Waals surface area contributed by atoms with Gasteiger partial charge < -0.3 is 10.3 Å². The Kier molecular flexibility index (Phi) is 6.74. The first-order valence-electron chi connectivity index (χ1n) is 9.49. The minimum absolute atomic E-state index is 0.125. The van der Waals surface area contributed by atoms with Gasteiger partial charge in [0, 0.05) is 30.8 Å². The fourth-order valence-corrected chi connectivity index (χ4v) is 4.94. The summed E-state index contributed by atoms with van der Waals surface area (Å²) in [5, 5.41) is 3.14. The van der Waals surface area contributed by atoms with E-state index in [0.29, 0.717) is 36.5 Å². The lowest BCUT2D eigenvalue weighted by Crippen LogP contribution is -2.35. The third-order valence-electron chi connectivity index (χ3n) is 4.94. The summed E-state index contributed by atoms with van der Waals surface area (Å²) in [6.45, 7) is 6.42. The van der Waals surface area contributed by atoms with Gasteiger partial charge in [0.1, 0.15) is 10.7 Å². The number of aromatic nitrogens is 2. The summed E-state index contributed by atoms with van der Waals surface area (Å²) in [6.07, 6.45) is 1.10. The number of carbonyl (C=O) groups is 3. The van der Waals surface area contributed by atoms with Crippen LogP contribution in [0.25, 0.3) is 10.2 Å². The predicted octanol–water partition coefficient (Wildman–Crippen LogP) is 1.88. The molecule has 0 spiro atoms. The minimum atomic E-state index is -0.321. The van der Waals surface area contributed by atoms with E-state index in [1.54, 1.807) is 6.92 Å². The number of rotatable bonds is 8. The van der Waals surface area contributed by atoms with Crippen LogP contribution in [-0.4, -0.2) is 50.9 Å². The number of hydrogen-bond donors (Lipinski definition) is 2. The maximum atomic E-state index is 12.3. The number of carbonyl (C=O) groups excluding carboxylic acids is 3. The van der Waals surface area contributed by atoms with Gasteiger partial charge >= 0.3 is 0 Å². The second-order valence-corrected chi connectivity index (χ2v) is 9.55. The molecule has 2 N–H and O–H groups in total. The first kappa shape index (κ1) is 21.5. The Balaban J connectivity index is 1.46. The van der Waals surface area contributed by atoms with E-state index in [-0.39, 0.29) is 41.4 Å². The number of aryl methyl sites for hydroxylation is 2. The van der Waals surface area contributed by atoms with Gasteiger partial charge in [0.05, 0.1) is 16.4 Å². The monoisotopic (exact) mass is 436 g/mol. The van der Waals surface area contributed by atoms with E-state index in [0.717, 1.165) is 15.3 Å². The van der Waals surface area contributed by atoms with Crippen LogP contribution < -0.4 is 10.9 Å². The van der Waals surface area contributed by atoms with Crippen molar-refractivity contribution in [2.24, 2.45) is 0 Å². The molecule has 0 aromatic carbocycles. The summed E-state index contributed by atoms with van der Waals surface area (Å²) in [7, 11) is 0. The van der Waals surface area contributed by atoms with Crippen molar-refractivity contribution < 1.29 is 14.4 Å². The molecule has 1 atom stereocenters. The highest BCUT2D eigenvalue weighted by Crippen LogP contribution is 2.26. The molecular weight excluding hydrogens is 412 g/mol. The molecule has 8 nitrogen and oxygen atoms in total. The Bertz CT molecular complexity index is 998. The van der Waals surface area contributed by atoms with Crippen LogP contribution in [0.5, 0.6) is 0 Å². The van der Waals surface area contributed by atoms with E-state index in [4.69, 9.17) is 0 Å². The highest BCUT2D eigenvalue weighted by molar-refractivity contribution is 7.99. The van der Waals surface area contributed by atoms with Crippen LogP contribution in [-0.2, 0) is 20.1 Å². The molecule has 2 aromatic rings. The minimum Gasteiger partial charge on any atom is -0.355 e. The number of imide groups is 1. The number of H-pyrrole nitrogens is 1. The van der Waals surface area contributed by atoms with Crippen molar-refractivity contribution in [3.63, 3.8) is 0 Å². The zero-order valence-electron chi connectivity index (χ0n) is 16.7. The third-order valence-corrected chi connectivity index (χ3v) is 7.20. The number of aromatic amines is 1. The molecule has 1 unspecified atom stereocenters. The zero-order valence-corrected chi connectivity index (χ0v) is 18.3. The Morgan fingerprint density at radius 1 is 1.28 bits per heavy atom. The molecule has 3 amide bonds. The van der Waals surface area contributed by atoms with Gasteiger partial charge in [0.25, 0.3) is 5.56 Å². The molecule has 29 heavy (non-hydrogen) atoms. The summed E-state index contributed by atoms with van der Waals surface area (Å²) >= 11 is 2.89. The van der Waals surface area contributed by atoms with Crippen LogP contribution in [0, 0.1) is 13.8 Å². The molecule has 3 heterocycles. The Labute approximate surface area is 176 Å². The summed E-state index contributed by atoms with van der Waals surface area (Å²) in [6, 6.07) is 0. The van der Waals surface area contributed by atoms with Crippen molar-refractivity contribution in [1.82, 2.24) is 20.2 Å². The molecule has 1 fully saturated rings. The molecule has 0 saturated carbocycles. The second kappa shape index (κ2) is 9.08. The highest BCUT2D eigenvalue weighted by atomic mass is 32.2. The van der Waals surface area contributed by atoms with E-state index in [9.17, 15) is 19.2 Å². The first-order valence-corrected chi connectivity index (χ1v) is 11.4. The van der Waals surface area contributed by atoms with Crippen molar-refractivity contribution in [2.45, 2.75) is 51.0 Å². The highest BCUT2D eigenvalue weighted by Gasteiger charge is 2.28. The number of likely N-dealkylation sites (tertiary alicyclic amines) is 1. The van der Waals surface area contributed by atoms with Crippen LogP contribution in [0.15, 0.2) is 4.79 Å². The maximum absolute atomic E-state index is 12.3. The Hall–Kier alpha value is -2.20. The van der Waals surface area contributed by atoms with Crippen molar-refractivity contribution in [2.75, 3.05) is 13.1 Å². The van der Waals surface area contributed by atoms with Crippen molar-refractivity contribution >= 4 is 51.0 Å². The molecular formula is C19H24N4O4S2. The van der Waals surface area contributed by atoms with Crippen LogP contribution in [0.4, 0.5) is 0 Å². The van der Waals surface area contributed by atoms with Gasteiger partial charge in [-0.2, -0.15) is 0 Å². The number of nitrogens with zero attached hydrogens (tertiary/aromatic N) is 2. The molecule has 10 heteroatoms. The summed E-state index contributed by atoms with van der Waals surface area (Å²) < 4.78 is 0. The maximum Gasteiger partial charge on any atom is 0.259 e. The van der Waals surface area contributed by atoms with Gasteiger partial charge in [-0.3, -0.25) is 24.1 Å². The van der Waals surface area contributed by atoms with E-state index in [1.165, 1.54) is 28.0 Å². The molecule has 156 valence electrons. The van der Waals surface area contributed by atoms with Gasteiger partial charge in [-0.05, 0) is 32.8 Å². The number of thiophene rings is 1. The SMILES string of the molecule is Cc1sc2nc(CSC(C)C(=O)NCCCN3C(=O)CCC3=O)[nH]c(=O)c2c1C. The third kappa shape index (κ3) is 4.87. The summed E-state index contributed by atoms with van der Waals surface area (Å²) in [5.41, 5.74) is 0.818. The van der Waals surface area contributed by atoms with Crippen LogP contribution in [0.2, 0.25) is 0 Å². The van der Waals surface area contributed by atoms with Crippen LogP contribution >= 0.6 is 23.1 Å². The van der Waals surface area contributed by atoms with Crippen molar-refractivity contribution in [1.29, 1.82) is 0 Å². The van der Waals surface area contributed by atoms with Gasteiger partial charge in [0.15, 0.2) is 0 Å². The van der Waals surface area contributed by atoms with E-state index in [2.05, 4.69) is 15.3 Å². The molecule has 3 rings (SSSR count). The molecule has 1 saturated heterocycles. The quantitative estimate of drug-likeness (QED) is 0.483. The van der Waals surface area contributed by atoms with E-state index in [1.807, 2.05) is 13.8 Å². The van der Waals surface area contributed by atoms with Crippen molar-refractivity contribution in [3.05, 3.63) is 26.6 Å². The van der Waals surface area contributed by atoms with E-state index < -0.39 is 0 Å². The number of fused-ring (bicyclic) bond motifs is 1. The van der Waals surface area contributed by atoms with Gasteiger partial charge in [-0.15, -0.1) is 23.1 Å². The summed E-state index contributed by atoms with van der Waals surface area (Å²) in [5.74, 6) is 0.575. The van der Waals surface area contributed by atoms with Crippen molar-refractivity contribution in [3.8, 4) is 0 Å². The smallest absolute Gasteiger partial charge is 0.259 e. The Morgan fingerprint density at radius 2 is 1.97 bits per heavy atom. The molecule has 1 aliphatic heterocycles. The van der Waals surface area contributed by atoms with Gasteiger partial charge in [0.2, 0.25) is 17.7 Å². The second-order valence-electron chi connectivity index (χ2n) is 7.01. The molecule has 0 radical (unpaired) electrons. The number of thioether (sulfide) groups is 1. The van der Waals surface area contributed by atoms with E-state index >= 15 is 0 Å².